The fourth-order valence-electron chi connectivity index (χ4n) is 3.62. The predicted molar refractivity (Wildman–Crippen MR) is 77.3 cm³/mol. The van der Waals surface area contributed by atoms with Crippen LogP contribution < -0.4 is 11.1 Å². The predicted octanol–water partition coefficient (Wildman–Crippen LogP) is 1.86. The Morgan fingerprint density at radius 3 is 2.67 bits per heavy atom. The molecule has 2 fully saturated rings. The van der Waals surface area contributed by atoms with E-state index in [4.69, 9.17) is 10.3 Å². The quantitative estimate of drug-likeness (QED) is 0.864. The van der Waals surface area contributed by atoms with Crippen molar-refractivity contribution in [3.8, 4) is 0 Å². The Morgan fingerprint density at radius 2 is 1.90 bits per heavy atom. The van der Waals surface area contributed by atoms with Crippen LogP contribution in [0, 0.1) is 5.92 Å². The van der Waals surface area contributed by atoms with Crippen LogP contribution >= 0.6 is 0 Å². The molecule has 2 atom stereocenters. The number of carbonyl (C=O) groups excluding carboxylic acids is 1. The van der Waals surface area contributed by atoms with Gasteiger partial charge < -0.3 is 15.6 Å². The van der Waals surface area contributed by atoms with Crippen LogP contribution in [0.15, 0.2) is 4.52 Å². The van der Waals surface area contributed by atoms with Crippen LogP contribution in [-0.4, -0.2) is 22.1 Å². The summed E-state index contributed by atoms with van der Waals surface area (Å²) >= 11 is 0. The van der Waals surface area contributed by atoms with E-state index >= 15 is 0 Å². The molecule has 1 aromatic rings. The average Bonchev–Trinajstić information content (AvgIpc) is 3.16. The molecule has 21 heavy (non-hydrogen) atoms. The first-order valence-corrected chi connectivity index (χ1v) is 8.09. The fourth-order valence-corrected chi connectivity index (χ4v) is 3.62. The zero-order valence-electron chi connectivity index (χ0n) is 12.4. The summed E-state index contributed by atoms with van der Waals surface area (Å²) < 4.78 is 5.32. The topological polar surface area (TPSA) is 94.0 Å². The number of hydrogen-bond donors (Lipinski definition) is 2. The number of amides is 1. The zero-order valence-corrected chi connectivity index (χ0v) is 12.4. The third-order valence-electron chi connectivity index (χ3n) is 4.85. The lowest BCUT2D eigenvalue weighted by Crippen LogP contribution is -2.44. The number of nitrogens with two attached hydrogens (primary N) is 1. The van der Waals surface area contributed by atoms with E-state index in [0.29, 0.717) is 18.4 Å². The van der Waals surface area contributed by atoms with Gasteiger partial charge in [0.25, 0.3) is 0 Å². The zero-order chi connectivity index (χ0) is 14.7. The van der Waals surface area contributed by atoms with Crippen LogP contribution in [0.5, 0.6) is 0 Å². The van der Waals surface area contributed by atoms with Crippen LogP contribution in [0.1, 0.15) is 69.0 Å². The highest BCUT2D eigenvalue weighted by atomic mass is 16.5. The van der Waals surface area contributed by atoms with Crippen molar-refractivity contribution >= 4 is 5.91 Å². The Hall–Kier alpha value is -1.43. The lowest BCUT2D eigenvalue weighted by atomic mass is 9.84. The maximum absolute atomic E-state index is 11.5. The maximum atomic E-state index is 11.5. The van der Waals surface area contributed by atoms with E-state index < -0.39 is 0 Å². The summed E-state index contributed by atoms with van der Waals surface area (Å²) in [7, 11) is 0. The molecule has 0 unspecified atom stereocenters. The largest absolute Gasteiger partial charge is 0.369 e. The van der Waals surface area contributed by atoms with Crippen molar-refractivity contribution in [3.63, 3.8) is 0 Å². The standard InChI is InChI=1S/C15H24N4O2/c16-14(20)11-7-3-4-8-12(11)17-9-13-18-15(19-21-13)10-5-1-2-6-10/h10-12,17H,1-9H2,(H2,16,20)/t11-,12-/m1/s1. The van der Waals surface area contributed by atoms with Gasteiger partial charge in [0.05, 0.1) is 12.5 Å². The van der Waals surface area contributed by atoms with E-state index in [0.717, 1.165) is 31.5 Å². The third kappa shape index (κ3) is 3.43. The smallest absolute Gasteiger partial charge is 0.240 e. The Morgan fingerprint density at radius 1 is 1.19 bits per heavy atom. The molecule has 0 aliphatic heterocycles. The lowest BCUT2D eigenvalue weighted by Gasteiger charge is -2.29. The summed E-state index contributed by atoms with van der Waals surface area (Å²) in [5.41, 5.74) is 5.48. The second-order valence-electron chi connectivity index (χ2n) is 6.31. The summed E-state index contributed by atoms with van der Waals surface area (Å²) in [6.07, 6.45) is 8.93. The van der Waals surface area contributed by atoms with Gasteiger partial charge in [-0.3, -0.25) is 4.79 Å². The Bertz CT molecular complexity index is 482. The van der Waals surface area contributed by atoms with Gasteiger partial charge in [-0.15, -0.1) is 0 Å². The number of nitrogens with one attached hydrogen (secondary N) is 1. The van der Waals surface area contributed by atoms with Crippen molar-refractivity contribution in [3.05, 3.63) is 11.7 Å². The first-order chi connectivity index (χ1) is 10.2. The first kappa shape index (κ1) is 14.5. The van der Waals surface area contributed by atoms with Crippen molar-refractivity contribution in [2.75, 3.05) is 0 Å². The van der Waals surface area contributed by atoms with E-state index in [2.05, 4.69) is 15.5 Å². The molecule has 2 aliphatic rings. The molecule has 6 nitrogen and oxygen atoms in total. The van der Waals surface area contributed by atoms with E-state index in [1.165, 1.54) is 25.7 Å². The van der Waals surface area contributed by atoms with Gasteiger partial charge >= 0.3 is 0 Å². The van der Waals surface area contributed by atoms with Gasteiger partial charge in [0, 0.05) is 12.0 Å². The molecular weight excluding hydrogens is 268 g/mol. The molecule has 3 rings (SSSR count). The minimum absolute atomic E-state index is 0.0732. The van der Waals surface area contributed by atoms with Crippen LogP contribution in [0.4, 0.5) is 0 Å². The lowest BCUT2D eigenvalue weighted by molar-refractivity contribution is -0.123. The number of aromatic nitrogens is 2. The SMILES string of the molecule is NC(=O)[C@@H]1CCCC[C@H]1NCc1nc(C2CCCC2)no1. The molecule has 0 saturated heterocycles. The van der Waals surface area contributed by atoms with Crippen LogP contribution in [-0.2, 0) is 11.3 Å². The van der Waals surface area contributed by atoms with Gasteiger partial charge in [-0.25, -0.2) is 0 Å². The average molecular weight is 292 g/mol. The van der Waals surface area contributed by atoms with Gasteiger partial charge in [-0.1, -0.05) is 30.8 Å². The van der Waals surface area contributed by atoms with E-state index in [9.17, 15) is 4.79 Å². The Balaban J connectivity index is 1.55. The molecule has 1 aromatic heterocycles. The molecule has 6 heteroatoms. The molecular formula is C15H24N4O2. The van der Waals surface area contributed by atoms with Crippen molar-refractivity contribution in [2.24, 2.45) is 11.7 Å². The van der Waals surface area contributed by atoms with Crippen LogP contribution in [0.25, 0.3) is 0 Å². The van der Waals surface area contributed by atoms with E-state index in [1.807, 2.05) is 0 Å². The van der Waals surface area contributed by atoms with Gasteiger partial charge in [0.1, 0.15) is 0 Å². The molecule has 0 aromatic carbocycles. The highest BCUT2D eigenvalue weighted by Crippen LogP contribution is 2.32. The molecule has 2 aliphatic carbocycles. The van der Waals surface area contributed by atoms with Crippen LogP contribution in [0.2, 0.25) is 0 Å². The summed E-state index contributed by atoms with van der Waals surface area (Å²) in [6.45, 7) is 0.522. The molecule has 2 saturated carbocycles. The van der Waals surface area contributed by atoms with E-state index in [-0.39, 0.29) is 17.9 Å². The molecule has 1 amide bonds. The monoisotopic (exact) mass is 292 g/mol. The van der Waals surface area contributed by atoms with Crippen molar-refractivity contribution in [2.45, 2.75) is 69.9 Å². The number of hydrogen-bond acceptors (Lipinski definition) is 5. The third-order valence-corrected chi connectivity index (χ3v) is 4.85. The second kappa shape index (κ2) is 6.56. The van der Waals surface area contributed by atoms with E-state index in [1.54, 1.807) is 0 Å². The first-order valence-electron chi connectivity index (χ1n) is 8.09. The number of rotatable bonds is 5. The maximum Gasteiger partial charge on any atom is 0.240 e. The van der Waals surface area contributed by atoms with Gasteiger partial charge in [0.2, 0.25) is 11.8 Å². The highest BCUT2D eigenvalue weighted by molar-refractivity contribution is 5.77. The summed E-state index contributed by atoms with van der Waals surface area (Å²) in [4.78, 5) is 16.0. The number of nitrogens with zero attached hydrogens (tertiary/aromatic N) is 2. The molecule has 0 bridgehead atoms. The highest BCUT2D eigenvalue weighted by Gasteiger charge is 2.29. The number of primary amides is 1. The molecule has 0 radical (unpaired) electrons. The Labute approximate surface area is 124 Å². The number of carbonyl (C=O) groups is 1. The summed E-state index contributed by atoms with van der Waals surface area (Å²) in [5.74, 6) is 1.65. The molecule has 116 valence electrons. The van der Waals surface area contributed by atoms with Crippen molar-refractivity contribution < 1.29 is 9.32 Å². The normalized spacial score (nSPS) is 27.0. The summed E-state index contributed by atoms with van der Waals surface area (Å²) in [6, 6.07) is 0.137. The molecule has 0 spiro atoms. The minimum atomic E-state index is -0.204. The summed E-state index contributed by atoms with van der Waals surface area (Å²) in [5, 5.41) is 7.47. The van der Waals surface area contributed by atoms with Crippen LogP contribution in [0.3, 0.4) is 0 Å². The van der Waals surface area contributed by atoms with Gasteiger partial charge in [-0.05, 0) is 25.7 Å². The molecule has 3 N–H and O–H groups in total. The van der Waals surface area contributed by atoms with Crippen molar-refractivity contribution in [1.82, 2.24) is 15.5 Å². The molecule has 1 heterocycles. The second-order valence-corrected chi connectivity index (χ2v) is 6.31. The fraction of sp³-hybridized carbons (Fsp3) is 0.800. The van der Waals surface area contributed by atoms with Gasteiger partial charge in [0.15, 0.2) is 5.82 Å². The Kier molecular flexibility index (Phi) is 4.53. The van der Waals surface area contributed by atoms with Gasteiger partial charge in [-0.2, -0.15) is 4.98 Å². The van der Waals surface area contributed by atoms with Crippen molar-refractivity contribution in [1.29, 1.82) is 0 Å². The minimum Gasteiger partial charge on any atom is -0.369 e.